The Morgan fingerprint density at radius 3 is 2.68 bits per heavy atom. The molecule has 1 atom stereocenters. The van der Waals surface area contributed by atoms with Crippen molar-refractivity contribution in [2.75, 3.05) is 13.1 Å². The summed E-state index contributed by atoms with van der Waals surface area (Å²) in [4.78, 5) is 15.2. The Bertz CT molecular complexity index is 992. The van der Waals surface area contributed by atoms with Gasteiger partial charge in [-0.1, -0.05) is 12.1 Å². The molecule has 0 unspecified atom stereocenters. The molecule has 1 aromatic carbocycles. The Labute approximate surface area is 160 Å². The molecule has 0 bridgehead atoms. The maximum absolute atomic E-state index is 12.8. The fourth-order valence-electron chi connectivity index (χ4n) is 2.86. The number of hydrogen-bond donors (Lipinski definition) is 0. The van der Waals surface area contributed by atoms with Crippen LogP contribution in [-0.2, 0) is 16.2 Å². The summed E-state index contributed by atoms with van der Waals surface area (Å²) in [6, 6.07) is 7.33. The molecule has 0 saturated carbocycles. The highest BCUT2D eigenvalue weighted by Crippen LogP contribution is 2.31. The van der Waals surface area contributed by atoms with Gasteiger partial charge in [0.15, 0.2) is 5.78 Å². The molecule has 28 heavy (non-hydrogen) atoms. The van der Waals surface area contributed by atoms with E-state index in [4.69, 9.17) is 4.74 Å². The lowest BCUT2D eigenvalue weighted by molar-refractivity contribution is -0.137. The zero-order chi connectivity index (χ0) is 20.5. The predicted octanol–water partition coefficient (Wildman–Crippen LogP) is 3.15. The number of aromatic nitrogens is 1. The minimum Gasteiger partial charge on any atom is -0.473 e. The van der Waals surface area contributed by atoms with Gasteiger partial charge in [-0.05, 0) is 31.5 Å². The third-order valence-corrected chi connectivity index (χ3v) is 6.20. The van der Waals surface area contributed by atoms with Crippen molar-refractivity contribution < 1.29 is 31.1 Å². The molecule has 0 aliphatic carbocycles. The maximum atomic E-state index is 12.8. The number of hydrogen-bond acceptors (Lipinski definition) is 5. The number of carbonyl (C=O) groups is 1. The highest BCUT2D eigenvalue weighted by Gasteiger charge is 2.35. The van der Waals surface area contributed by atoms with Crippen LogP contribution in [0.4, 0.5) is 13.2 Å². The van der Waals surface area contributed by atoms with Crippen molar-refractivity contribution >= 4 is 15.8 Å². The van der Waals surface area contributed by atoms with Crippen molar-refractivity contribution in [2.45, 2.75) is 30.5 Å². The lowest BCUT2D eigenvalue weighted by atomic mass is 10.2. The zero-order valence-electron chi connectivity index (χ0n) is 14.8. The second-order valence-electron chi connectivity index (χ2n) is 6.36. The summed E-state index contributed by atoms with van der Waals surface area (Å²) >= 11 is 0. The minimum atomic E-state index is -4.52. The molecule has 0 radical (unpaired) electrons. The van der Waals surface area contributed by atoms with Crippen LogP contribution in [0.3, 0.4) is 0 Å². The SMILES string of the molecule is CC(=O)c1cccc(S(=O)(=O)N2CC[C@@H](Oc3cc(C(F)(F)F)ccn3)C2)c1. The van der Waals surface area contributed by atoms with Gasteiger partial charge in [-0.3, -0.25) is 4.79 Å². The maximum Gasteiger partial charge on any atom is 0.416 e. The van der Waals surface area contributed by atoms with Gasteiger partial charge < -0.3 is 4.74 Å². The van der Waals surface area contributed by atoms with Crippen LogP contribution in [0.1, 0.15) is 29.3 Å². The number of pyridine rings is 1. The average Bonchev–Trinajstić information content (AvgIpc) is 3.10. The Morgan fingerprint density at radius 1 is 1.25 bits per heavy atom. The van der Waals surface area contributed by atoms with Crippen LogP contribution in [0.5, 0.6) is 5.88 Å². The summed E-state index contributed by atoms with van der Waals surface area (Å²) in [6.07, 6.45) is -3.84. The van der Waals surface area contributed by atoms with Gasteiger partial charge in [-0.15, -0.1) is 0 Å². The largest absolute Gasteiger partial charge is 0.473 e. The topological polar surface area (TPSA) is 76.6 Å². The van der Waals surface area contributed by atoms with Gasteiger partial charge in [0, 0.05) is 24.4 Å². The van der Waals surface area contributed by atoms with Crippen LogP contribution in [0.2, 0.25) is 0 Å². The van der Waals surface area contributed by atoms with E-state index in [0.29, 0.717) is 6.42 Å². The standard InChI is InChI=1S/C18H17F3N2O4S/c1-12(24)13-3-2-4-16(9-13)28(25,26)23-8-6-15(11-23)27-17-10-14(5-7-22-17)18(19,20)21/h2-5,7,9-10,15H,6,8,11H2,1H3/t15-/m1/s1. The van der Waals surface area contributed by atoms with Crippen LogP contribution in [-0.4, -0.2) is 42.7 Å². The van der Waals surface area contributed by atoms with Gasteiger partial charge in [-0.2, -0.15) is 17.5 Å². The molecule has 1 fully saturated rings. The summed E-state index contributed by atoms with van der Waals surface area (Å²) in [7, 11) is -3.85. The van der Waals surface area contributed by atoms with Gasteiger partial charge in [0.25, 0.3) is 0 Å². The molecule has 10 heteroatoms. The second kappa shape index (κ2) is 7.51. The summed E-state index contributed by atoms with van der Waals surface area (Å²) in [6.45, 7) is 1.47. The Morgan fingerprint density at radius 2 is 2.00 bits per heavy atom. The molecule has 0 spiro atoms. The molecule has 1 saturated heterocycles. The third-order valence-electron chi connectivity index (χ3n) is 4.34. The predicted molar refractivity (Wildman–Crippen MR) is 93.5 cm³/mol. The average molecular weight is 414 g/mol. The number of alkyl halides is 3. The fourth-order valence-corrected chi connectivity index (χ4v) is 4.39. The molecule has 150 valence electrons. The molecule has 2 aromatic rings. The van der Waals surface area contributed by atoms with Crippen LogP contribution in [0, 0.1) is 0 Å². The van der Waals surface area contributed by atoms with E-state index in [0.717, 1.165) is 18.3 Å². The number of benzene rings is 1. The lowest BCUT2D eigenvalue weighted by Crippen LogP contribution is -2.31. The molecule has 1 aromatic heterocycles. The fraction of sp³-hybridized carbons (Fsp3) is 0.333. The second-order valence-corrected chi connectivity index (χ2v) is 8.29. The van der Waals surface area contributed by atoms with Gasteiger partial charge >= 0.3 is 6.18 Å². The molecule has 2 heterocycles. The van der Waals surface area contributed by atoms with Crippen LogP contribution >= 0.6 is 0 Å². The summed E-state index contributed by atoms with van der Waals surface area (Å²) in [5.41, 5.74) is -0.609. The number of nitrogens with zero attached hydrogens (tertiary/aromatic N) is 2. The van der Waals surface area contributed by atoms with E-state index >= 15 is 0 Å². The summed E-state index contributed by atoms with van der Waals surface area (Å²) < 4.78 is 70.6. The normalized spacial score (nSPS) is 18.2. The molecule has 6 nitrogen and oxygen atoms in total. The van der Waals surface area contributed by atoms with E-state index in [1.165, 1.54) is 35.5 Å². The van der Waals surface area contributed by atoms with E-state index in [2.05, 4.69) is 4.98 Å². The zero-order valence-corrected chi connectivity index (χ0v) is 15.6. The molecule has 1 aliphatic rings. The monoisotopic (exact) mass is 414 g/mol. The first kappa shape index (κ1) is 20.3. The molecule has 1 aliphatic heterocycles. The van der Waals surface area contributed by atoms with Gasteiger partial charge in [0.2, 0.25) is 15.9 Å². The van der Waals surface area contributed by atoms with Crippen molar-refractivity contribution in [2.24, 2.45) is 0 Å². The Hall–Kier alpha value is -2.46. The van der Waals surface area contributed by atoms with E-state index in [-0.39, 0.29) is 35.2 Å². The van der Waals surface area contributed by atoms with Crippen molar-refractivity contribution in [3.05, 3.63) is 53.7 Å². The Balaban J connectivity index is 1.73. The number of sulfonamides is 1. The number of Topliss-reactive ketones (excluding diaryl/α,β-unsaturated/α-hetero) is 1. The Kier molecular flexibility index (Phi) is 5.44. The van der Waals surface area contributed by atoms with Crippen molar-refractivity contribution in [3.8, 4) is 5.88 Å². The molecular weight excluding hydrogens is 397 g/mol. The lowest BCUT2D eigenvalue weighted by Gasteiger charge is -2.17. The minimum absolute atomic E-state index is 0.0157. The van der Waals surface area contributed by atoms with Crippen LogP contribution in [0.15, 0.2) is 47.5 Å². The van der Waals surface area contributed by atoms with Gasteiger partial charge in [-0.25, -0.2) is 13.4 Å². The van der Waals surface area contributed by atoms with E-state index in [1.807, 2.05) is 0 Å². The number of carbonyl (C=O) groups excluding carboxylic acids is 1. The van der Waals surface area contributed by atoms with E-state index in [9.17, 15) is 26.4 Å². The van der Waals surface area contributed by atoms with E-state index in [1.54, 1.807) is 0 Å². The van der Waals surface area contributed by atoms with Gasteiger partial charge in [0.1, 0.15) is 6.10 Å². The highest BCUT2D eigenvalue weighted by atomic mass is 32.2. The molecule has 0 amide bonds. The van der Waals surface area contributed by atoms with Crippen LogP contribution < -0.4 is 4.74 Å². The number of rotatable bonds is 5. The first-order chi connectivity index (χ1) is 13.1. The quantitative estimate of drug-likeness (QED) is 0.703. The van der Waals surface area contributed by atoms with Gasteiger partial charge in [0.05, 0.1) is 17.0 Å². The summed E-state index contributed by atoms with van der Waals surface area (Å²) in [5, 5.41) is 0. The molecule has 0 N–H and O–H groups in total. The number of halogens is 3. The van der Waals surface area contributed by atoms with Crippen molar-refractivity contribution in [1.29, 1.82) is 0 Å². The first-order valence-corrected chi connectivity index (χ1v) is 9.82. The molecular formula is C18H17F3N2O4S. The smallest absolute Gasteiger partial charge is 0.416 e. The third kappa shape index (κ3) is 4.33. The number of ketones is 1. The first-order valence-electron chi connectivity index (χ1n) is 8.38. The van der Waals surface area contributed by atoms with Crippen molar-refractivity contribution in [3.63, 3.8) is 0 Å². The number of ether oxygens (including phenoxy) is 1. The van der Waals surface area contributed by atoms with E-state index < -0.39 is 27.9 Å². The summed E-state index contributed by atoms with van der Waals surface area (Å²) in [5.74, 6) is -0.465. The molecule has 3 rings (SSSR count). The van der Waals surface area contributed by atoms with Crippen molar-refractivity contribution in [1.82, 2.24) is 9.29 Å². The van der Waals surface area contributed by atoms with Crippen LogP contribution in [0.25, 0.3) is 0 Å². The highest BCUT2D eigenvalue weighted by molar-refractivity contribution is 7.89.